The molecule has 2 N–H and O–H groups in total. The van der Waals surface area contributed by atoms with Crippen LogP contribution >= 0.6 is 0 Å². The van der Waals surface area contributed by atoms with Gasteiger partial charge in [0.1, 0.15) is 0 Å². The van der Waals surface area contributed by atoms with E-state index in [4.69, 9.17) is 0 Å². The summed E-state index contributed by atoms with van der Waals surface area (Å²) in [5.74, 6) is 0.671. The van der Waals surface area contributed by atoms with Crippen LogP contribution in [0.3, 0.4) is 0 Å². The molecule has 19 heavy (non-hydrogen) atoms. The number of benzene rings is 1. The smallest absolute Gasteiger partial charge is 0.316 e. The summed E-state index contributed by atoms with van der Waals surface area (Å²) in [7, 11) is 0. The fourth-order valence-corrected chi connectivity index (χ4v) is 2.84. The van der Waals surface area contributed by atoms with Crippen molar-refractivity contribution in [2.45, 2.75) is 19.3 Å². The van der Waals surface area contributed by atoms with Crippen molar-refractivity contribution in [1.29, 1.82) is 0 Å². The third kappa shape index (κ3) is 2.63. The highest BCUT2D eigenvalue weighted by Crippen LogP contribution is 2.20. The second-order valence-corrected chi connectivity index (χ2v) is 5.18. The van der Waals surface area contributed by atoms with Crippen molar-refractivity contribution >= 4 is 0 Å². The summed E-state index contributed by atoms with van der Waals surface area (Å²) in [4.78, 5) is 14.5. The number of piperidine rings is 1. The van der Waals surface area contributed by atoms with Gasteiger partial charge in [-0.3, -0.25) is 4.57 Å². The minimum absolute atomic E-state index is 0.0748. The summed E-state index contributed by atoms with van der Waals surface area (Å²) in [6.07, 6.45) is 7.02. The number of hydrogen-bond acceptors (Lipinski definition) is 2. The van der Waals surface area contributed by atoms with E-state index >= 15 is 0 Å². The molecule has 0 bridgehead atoms. The SMILES string of the molecule is O=c1[nH]ccn1-c1ccccc1CC1CCCNC1. The zero-order chi connectivity index (χ0) is 13.1. The van der Waals surface area contributed by atoms with Crippen LogP contribution in [0.15, 0.2) is 41.5 Å². The van der Waals surface area contributed by atoms with E-state index in [2.05, 4.69) is 16.4 Å². The fraction of sp³-hybridized carbons (Fsp3) is 0.400. The zero-order valence-electron chi connectivity index (χ0n) is 10.9. The molecule has 1 aromatic heterocycles. The number of aromatic amines is 1. The first-order valence-corrected chi connectivity index (χ1v) is 6.89. The van der Waals surface area contributed by atoms with E-state index in [0.717, 1.165) is 25.2 Å². The van der Waals surface area contributed by atoms with Gasteiger partial charge in [-0.25, -0.2) is 4.79 Å². The van der Waals surface area contributed by atoms with Crippen molar-refractivity contribution in [3.05, 3.63) is 52.7 Å². The molecule has 0 amide bonds. The van der Waals surface area contributed by atoms with Crippen LogP contribution in [0.5, 0.6) is 0 Å². The van der Waals surface area contributed by atoms with Crippen molar-refractivity contribution in [2.75, 3.05) is 13.1 Å². The maximum absolute atomic E-state index is 11.8. The molecule has 1 aromatic carbocycles. The molecule has 1 fully saturated rings. The van der Waals surface area contributed by atoms with Crippen LogP contribution in [0.4, 0.5) is 0 Å². The van der Waals surface area contributed by atoms with Crippen LogP contribution in [-0.2, 0) is 6.42 Å². The lowest BCUT2D eigenvalue weighted by Gasteiger charge is -2.23. The lowest BCUT2D eigenvalue weighted by Crippen LogP contribution is -2.31. The quantitative estimate of drug-likeness (QED) is 0.879. The molecule has 4 nitrogen and oxygen atoms in total. The highest BCUT2D eigenvalue weighted by molar-refractivity contribution is 5.41. The van der Waals surface area contributed by atoms with E-state index in [1.54, 1.807) is 17.0 Å². The van der Waals surface area contributed by atoms with Gasteiger partial charge < -0.3 is 10.3 Å². The van der Waals surface area contributed by atoms with Gasteiger partial charge in [-0.15, -0.1) is 0 Å². The zero-order valence-corrected chi connectivity index (χ0v) is 10.9. The Labute approximate surface area is 112 Å². The van der Waals surface area contributed by atoms with Gasteiger partial charge in [0, 0.05) is 12.4 Å². The van der Waals surface area contributed by atoms with Crippen LogP contribution in [0.1, 0.15) is 18.4 Å². The summed E-state index contributed by atoms with van der Waals surface area (Å²) < 4.78 is 1.69. The molecular formula is C15H19N3O. The molecule has 1 aliphatic heterocycles. The average molecular weight is 257 g/mol. The molecule has 0 spiro atoms. The lowest BCUT2D eigenvalue weighted by molar-refractivity contribution is 0.376. The number of imidazole rings is 1. The van der Waals surface area contributed by atoms with Gasteiger partial charge in [-0.05, 0) is 49.9 Å². The van der Waals surface area contributed by atoms with Gasteiger partial charge in [-0.1, -0.05) is 18.2 Å². The van der Waals surface area contributed by atoms with Gasteiger partial charge >= 0.3 is 5.69 Å². The fourth-order valence-electron chi connectivity index (χ4n) is 2.84. The number of para-hydroxylation sites is 1. The minimum atomic E-state index is -0.0748. The first-order chi connectivity index (χ1) is 9.34. The number of nitrogens with one attached hydrogen (secondary N) is 2. The number of aromatic nitrogens is 2. The van der Waals surface area contributed by atoms with Crippen molar-refractivity contribution in [1.82, 2.24) is 14.9 Å². The molecule has 1 unspecified atom stereocenters. The maximum atomic E-state index is 11.8. The van der Waals surface area contributed by atoms with Crippen LogP contribution in [-0.4, -0.2) is 22.6 Å². The normalized spacial score (nSPS) is 19.5. The highest BCUT2D eigenvalue weighted by atomic mass is 16.1. The van der Waals surface area contributed by atoms with Gasteiger partial charge in [0.2, 0.25) is 0 Å². The first-order valence-electron chi connectivity index (χ1n) is 6.89. The molecule has 2 aromatic rings. The first kappa shape index (κ1) is 12.2. The Morgan fingerprint density at radius 2 is 2.21 bits per heavy atom. The van der Waals surface area contributed by atoms with E-state index < -0.39 is 0 Å². The van der Waals surface area contributed by atoms with Gasteiger partial charge in [0.05, 0.1) is 5.69 Å². The standard InChI is InChI=1S/C15H19N3O/c19-15-17-8-9-18(15)14-6-2-1-5-13(14)10-12-4-3-7-16-11-12/h1-2,5-6,8-9,12,16H,3-4,7,10-11H2,(H,17,19). The Hall–Kier alpha value is -1.81. The monoisotopic (exact) mass is 257 g/mol. The third-order valence-electron chi connectivity index (χ3n) is 3.81. The third-order valence-corrected chi connectivity index (χ3v) is 3.81. The molecule has 0 radical (unpaired) electrons. The van der Waals surface area contributed by atoms with Crippen molar-refractivity contribution in [3.8, 4) is 5.69 Å². The Bertz CT molecular complexity index is 593. The minimum Gasteiger partial charge on any atom is -0.316 e. The highest BCUT2D eigenvalue weighted by Gasteiger charge is 2.16. The van der Waals surface area contributed by atoms with E-state index in [9.17, 15) is 4.79 Å². The van der Waals surface area contributed by atoms with E-state index in [0.29, 0.717) is 5.92 Å². The van der Waals surface area contributed by atoms with E-state index in [1.807, 2.05) is 18.2 Å². The largest absolute Gasteiger partial charge is 0.330 e. The summed E-state index contributed by atoms with van der Waals surface area (Å²) in [5.41, 5.74) is 2.17. The number of nitrogens with zero attached hydrogens (tertiary/aromatic N) is 1. The Kier molecular flexibility index (Phi) is 3.51. The van der Waals surface area contributed by atoms with E-state index in [1.165, 1.54) is 18.4 Å². The molecule has 4 heteroatoms. The number of rotatable bonds is 3. The predicted octanol–water partition coefficient (Wildman–Crippen LogP) is 1.71. The van der Waals surface area contributed by atoms with E-state index in [-0.39, 0.29) is 5.69 Å². The second-order valence-electron chi connectivity index (χ2n) is 5.18. The predicted molar refractivity (Wildman–Crippen MR) is 75.7 cm³/mol. The summed E-state index contributed by atoms with van der Waals surface area (Å²) in [5, 5.41) is 3.45. The molecule has 0 aliphatic carbocycles. The average Bonchev–Trinajstić information content (AvgIpc) is 2.87. The Morgan fingerprint density at radius 3 is 2.95 bits per heavy atom. The Morgan fingerprint density at radius 1 is 1.32 bits per heavy atom. The van der Waals surface area contributed by atoms with Gasteiger partial charge in [0.25, 0.3) is 0 Å². The van der Waals surface area contributed by atoms with Crippen LogP contribution in [0, 0.1) is 5.92 Å². The van der Waals surface area contributed by atoms with Crippen molar-refractivity contribution in [2.24, 2.45) is 5.92 Å². The van der Waals surface area contributed by atoms with Crippen LogP contribution in [0.25, 0.3) is 5.69 Å². The molecule has 1 atom stereocenters. The number of hydrogen-bond donors (Lipinski definition) is 2. The molecule has 0 saturated carbocycles. The molecular weight excluding hydrogens is 238 g/mol. The molecule has 3 rings (SSSR count). The molecule has 1 saturated heterocycles. The summed E-state index contributed by atoms with van der Waals surface area (Å²) in [6, 6.07) is 8.17. The Balaban J connectivity index is 1.89. The van der Waals surface area contributed by atoms with Gasteiger partial charge in [-0.2, -0.15) is 0 Å². The van der Waals surface area contributed by atoms with Crippen molar-refractivity contribution in [3.63, 3.8) is 0 Å². The number of H-pyrrole nitrogens is 1. The maximum Gasteiger partial charge on any atom is 0.330 e. The summed E-state index contributed by atoms with van der Waals surface area (Å²) >= 11 is 0. The molecule has 1 aliphatic rings. The molecule has 2 heterocycles. The van der Waals surface area contributed by atoms with Crippen LogP contribution < -0.4 is 11.0 Å². The lowest BCUT2D eigenvalue weighted by atomic mass is 9.91. The van der Waals surface area contributed by atoms with Gasteiger partial charge in [0.15, 0.2) is 0 Å². The summed E-state index contributed by atoms with van der Waals surface area (Å²) in [6.45, 7) is 2.21. The second kappa shape index (κ2) is 5.45. The topological polar surface area (TPSA) is 49.8 Å². The van der Waals surface area contributed by atoms with Crippen LogP contribution in [0.2, 0.25) is 0 Å². The molecule has 100 valence electrons. The van der Waals surface area contributed by atoms with Crippen molar-refractivity contribution < 1.29 is 0 Å².